The molecule has 3 N–H and O–H groups in total. The molecule has 256 valence electrons. The Balaban J connectivity index is 1.22. The van der Waals surface area contributed by atoms with Gasteiger partial charge in [0, 0.05) is 11.7 Å². The standard InChI is InChI=1S/C37H42F2N2O7/c1-23(2)31(19-34(44)45)40-33(43)20-48-37(21-47-22-37)18-17-24-3-5-26(6-4-24)35-30(15-16-32(42)25-7-9-27(38)10-8-25)36(46)41(35)29-13-11-28(39)12-14-29/h3-14,23,30-32,35,42H,15-22H2,1-2H3,(H,40,43)(H,44,45)/t30-,31?,32+,35-/m1/s1. The van der Waals surface area contributed by atoms with E-state index >= 15 is 0 Å². The predicted octanol–water partition coefficient (Wildman–Crippen LogP) is 5.52. The van der Waals surface area contributed by atoms with E-state index in [0.717, 1.165) is 11.1 Å². The van der Waals surface area contributed by atoms with Gasteiger partial charge in [-0.1, -0.05) is 50.2 Å². The number of carbonyl (C=O) groups is 3. The molecule has 5 rings (SSSR count). The Morgan fingerprint density at radius 2 is 1.62 bits per heavy atom. The first-order valence-electron chi connectivity index (χ1n) is 16.3. The number of aliphatic hydroxyl groups excluding tert-OH is 1. The van der Waals surface area contributed by atoms with E-state index in [1.54, 1.807) is 17.0 Å². The Bertz CT molecular complexity index is 1560. The van der Waals surface area contributed by atoms with Crippen LogP contribution in [0.2, 0.25) is 0 Å². The summed E-state index contributed by atoms with van der Waals surface area (Å²) in [6.45, 7) is 4.21. The number of nitrogens with zero attached hydrogens (tertiary/aromatic N) is 1. The van der Waals surface area contributed by atoms with Crippen LogP contribution >= 0.6 is 0 Å². The minimum atomic E-state index is -0.979. The van der Waals surface area contributed by atoms with E-state index in [4.69, 9.17) is 14.6 Å². The molecule has 2 aliphatic heterocycles. The van der Waals surface area contributed by atoms with Crippen molar-refractivity contribution in [3.05, 3.63) is 101 Å². The lowest BCUT2D eigenvalue weighted by Crippen LogP contribution is -2.55. The van der Waals surface area contributed by atoms with Crippen molar-refractivity contribution in [3.63, 3.8) is 0 Å². The maximum Gasteiger partial charge on any atom is 0.305 e. The summed E-state index contributed by atoms with van der Waals surface area (Å²) < 4.78 is 38.5. The molecule has 0 radical (unpaired) electrons. The summed E-state index contributed by atoms with van der Waals surface area (Å²) in [5, 5.41) is 22.6. The average molecular weight is 665 g/mol. The van der Waals surface area contributed by atoms with E-state index < -0.39 is 35.5 Å². The molecule has 11 heteroatoms. The number of nitrogens with one attached hydrogen (secondary N) is 1. The third-order valence-corrected chi connectivity index (χ3v) is 9.30. The minimum absolute atomic E-state index is 0.0434. The van der Waals surface area contributed by atoms with Gasteiger partial charge in [-0.2, -0.15) is 0 Å². The number of aliphatic carboxylic acids is 1. The van der Waals surface area contributed by atoms with Crippen molar-refractivity contribution in [1.82, 2.24) is 5.32 Å². The maximum absolute atomic E-state index is 13.7. The van der Waals surface area contributed by atoms with Gasteiger partial charge in [-0.25, -0.2) is 8.78 Å². The largest absolute Gasteiger partial charge is 0.481 e. The number of rotatable bonds is 16. The van der Waals surface area contributed by atoms with Crippen LogP contribution in [-0.4, -0.2) is 59.5 Å². The Morgan fingerprint density at radius 1 is 1.00 bits per heavy atom. The molecule has 4 atom stereocenters. The van der Waals surface area contributed by atoms with Crippen molar-refractivity contribution >= 4 is 23.5 Å². The van der Waals surface area contributed by atoms with Crippen molar-refractivity contribution in [3.8, 4) is 0 Å². The number of aliphatic hydroxyl groups is 1. The number of hydrogen-bond donors (Lipinski definition) is 3. The van der Waals surface area contributed by atoms with Gasteiger partial charge in [0.05, 0.1) is 37.7 Å². The van der Waals surface area contributed by atoms with Crippen LogP contribution in [0.15, 0.2) is 72.8 Å². The molecule has 0 aliphatic carbocycles. The maximum atomic E-state index is 13.7. The van der Waals surface area contributed by atoms with Crippen LogP contribution in [0.25, 0.3) is 0 Å². The van der Waals surface area contributed by atoms with Gasteiger partial charge in [0.25, 0.3) is 0 Å². The molecule has 2 saturated heterocycles. The molecule has 1 unspecified atom stereocenters. The first-order valence-corrected chi connectivity index (χ1v) is 16.3. The fourth-order valence-electron chi connectivity index (χ4n) is 6.28. The van der Waals surface area contributed by atoms with Crippen LogP contribution in [0.3, 0.4) is 0 Å². The quantitative estimate of drug-likeness (QED) is 0.172. The Hall–Kier alpha value is -4.19. The van der Waals surface area contributed by atoms with Crippen molar-refractivity contribution in [2.24, 2.45) is 11.8 Å². The zero-order chi connectivity index (χ0) is 34.4. The number of anilines is 1. The number of benzene rings is 3. The van der Waals surface area contributed by atoms with Crippen molar-refractivity contribution in [2.75, 3.05) is 24.7 Å². The van der Waals surface area contributed by atoms with Gasteiger partial charge in [-0.15, -0.1) is 0 Å². The molecule has 2 amide bonds. The lowest BCUT2D eigenvalue weighted by molar-refractivity contribution is -0.212. The Kier molecular flexibility index (Phi) is 11.2. The summed E-state index contributed by atoms with van der Waals surface area (Å²) in [7, 11) is 0. The first-order chi connectivity index (χ1) is 22.9. The minimum Gasteiger partial charge on any atom is -0.481 e. The zero-order valence-electron chi connectivity index (χ0n) is 27.1. The molecule has 2 aliphatic rings. The second-order valence-electron chi connectivity index (χ2n) is 13.1. The zero-order valence-corrected chi connectivity index (χ0v) is 27.1. The van der Waals surface area contributed by atoms with Gasteiger partial charge < -0.3 is 29.9 Å². The van der Waals surface area contributed by atoms with Crippen LogP contribution in [0.5, 0.6) is 0 Å². The molecule has 0 spiro atoms. The van der Waals surface area contributed by atoms with Gasteiger partial charge in [0.2, 0.25) is 11.8 Å². The number of aryl methyl sites for hydroxylation is 1. The topological polar surface area (TPSA) is 125 Å². The molecule has 9 nitrogen and oxygen atoms in total. The SMILES string of the molecule is CC(C)C(CC(=O)O)NC(=O)COC1(CCc2ccc([C@@H]3[C@@H](CC[C@H](O)c4ccc(F)cc4)C(=O)N3c3ccc(F)cc3)cc2)COC1. The number of β-lactam (4-membered cyclic amide) rings is 1. The lowest BCUT2D eigenvalue weighted by atomic mass is 9.78. The van der Waals surface area contributed by atoms with Crippen molar-refractivity contribution in [2.45, 2.75) is 69.7 Å². The van der Waals surface area contributed by atoms with Gasteiger partial charge in [-0.3, -0.25) is 14.4 Å². The first kappa shape index (κ1) is 35.1. The van der Waals surface area contributed by atoms with Crippen LogP contribution < -0.4 is 10.2 Å². The molecular weight excluding hydrogens is 622 g/mol. The van der Waals surface area contributed by atoms with Gasteiger partial charge in [-0.05, 0) is 84.7 Å². The highest BCUT2D eigenvalue weighted by Gasteiger charge is 2.48. The second kappa shape index (κ2) is 15.4. The van der Waals surface area contributed by atoms with Gasteiger partial charge in [0.15, 0.2) is 0 Å². The van der Waals surface area contributed by atoms with Crippen molar-refractivity contribution < 1.29 is 42.9 Å². The fourth-order valence-corrected chi connectivity index (χ4v) is 6.28. The molecule has 2 fully saturated rings. The lowest BCUT2D eigenvalue weighted by Gasteiger charge is -2.48. The van der Waals surface area contributed by atoms with Gasteiger partial charge in [0.1, 0.15) is 23.8 Å². The highest BCUT2D eigenvalue weighted by atomic mass is 19.1. The molecule has 3 aromatic carbocycles. The molecule has 0 bridgehead atoms. The highest BCUT2D eigenvalue weighted by molar-refractivity contribution is 6.03. The summed E-state index contributed by atoms with van der Waals surface area (Å²) in [4.78, 5) is 38.8. The Labute approximate surface area is 278 Å². The molecule has 48 heavy (non-hydrogen) atoms. The van der Waals surface area contributed by atoms with E-state index in [-0.39, 0.29) is 42.6 Å². The fraction of sp³-hybridized carbons (Fsp3) is 0.432. The van der Waals surface area contributed by atoms with E-state index in [9.17, 15) is 28.3 Å². The number of hydrogen-bond acceptors (Lipinski definition) is 6. The third kappa shape index (κ3) is 8.44. The van der Waals surface area contributed by atoms with Crippen LogP contribution in [0, 0.1) is 23.5 Å². The summed E-state index contributed by atoms with van der Waals surface area (Å²) in [6.07, 6.45) is 0.964. The van der Waals surface area contributed by atoms with Crippen LogP contribution in [-0.2, 0) is 30.3 Å². The molecule has 2 heterocycles. The van der Waals surface area contributed by atoms with Crippen molar-refractivity contribution in [1.29, 1.82) is 0 Å². The van der Waals surface area contributed by atoms with Gasteiger partial charge >= 0.3 is 5.97 Å². The summed E-state index contributed by atoms with van der Waals surface area (Å²) in [6, 6.07) is 18.6. The highest BCUT2D eigenvalue weighted by Crippen LogP contribution is 2.46. The summed E-state index contributed by atoms with van der Waals surface area (Å²) in [5.41, 5.74) is 2.48. The number of halogens is 2. The van der Waals surface area contributed by atoms with E-state index in [1.165, 1.54) is 36.4 Å². The van der Waals surface area contributed by atoms with E-state index in [2.05, 4.69) is 5.32 Å². The molecule has 0 aromatic heterocycles. The average Bonchev–Trinajstić information content (AvgIpc) is 3.04. The van der Waals surface area contributed by atoms with E-state index in [0.29, 0.717) is 50.1 Å². The normalized spacial score (nSPS) is 19.7. The van der Waals surface area contributed by atoms with E-state index in [1.807, 2.05) is 38.1 Å². The predicted molar refractivity (Wildman–Crippen MR) is 174 cm³/mol. The third-order valence-electron chi connectivity index (χ3n) is 9.30. The number of amides is 2. The van der Waals surface area contributed by atoms with Crippen LogP contribution in [0.4, 0.5) is 14.5 Å². The molecule has 0 saturated carbocycles. The number of carbonyl (C=O) groups excluding carboxylic acids is 2. The number of carboxylic acids is 1. The second-order valence-corrected chi connectivity index (χ2v) is 13.1. The number of carboxylic acid groups (broad SMARTS) is 1. The number of ether oxygens (including phenoxy) is 2. The summed E-state index contributed by atoms with van der Waals surface area (Å²) >= 11 is 0. The Morgan fingerprint density at radius 3 is 2.19 bits per heavy atom. The van der Waals surface area contributed by atoms with Crippen LogP contribution in [0.1, 0.15) is 68.4 Å². The molecule has 3 aromatic rings. The summed E-state index contributed by atoms with van der Waals surface area (Å²) in [5.74, 6) is -2.70. The smallest absolute Gasteiger partial charge is 0.305 e. The monoisotopic (exact) mass is 664 g/mol. The molecular formula is C37H42F2N2O7.